The second-order valence-electron chi connectivity index (χ2n) is 7.10. The number of nitrogens with two attached hydrogens (primary N) is 1. The normalized spacial score (nSPS) is 10.9. The summed E-state index contributed by atoms with van der Waals surface area (Å²) in [5.41, 5.74) is 5.71. The van der Waals surface area contributed by atoms with E-state index in [0.717, 1.165) is 6.07 Å². The second kappa shape index (κ2) is 9.41. The molecule has 170 valence electrons. The lowest BCUT2D eigenvalue weighted by Crippen LogP contribution is -2.15. The van der Waals surface area contributed by atoms with Crippen LogP contribution >= 0.6 is 0 Å². The van der Waals surface area contributed by atoms with Crippen LogP contribution in [0, 0.1) is 11.8 Å². The molecular formula is C23H16F3N7O. The molecule has 0 saturated heterocycles. The van der Waals surface area contributed by atoms with Crippen molar-refractivity contribution in [1.82, 2.24) is 24.5 Å². The average molecular weight is 463 g/mol. The number of nitrogen functional groups attached to an aromatic ring is 1. The summed E-state index contributed by atoms with van der Waals surface area (Å²) in [6.07, 6.45) is 5.54. The molecule has 0 aliphatic carbocycles. The first-order valence-electron chi connectivity index (χ1n) is 9.80. The third-order valence-electron chi connectivity index (χ3n) is 4.61. The summed E-state index contributed by atoms with van der Waals surface area (Å²) in [6, 6.07) is 5.12. The van der Waals surface area contributed by atoms with Crippen molar-refractivity contribution < 1.29 is 18.0 Å². The van der Waals surface area contributed by atoms with Crippen LogP contribution in [0.1, 0.15) is 32.6 Å². The highest BCUT2D eigenvalue weighted by molar-refractivity contribution is 6.04. The molecule has 0 radical (unpaired) electrons. The molecule has 1 amide bonds. The molecule has 3 heterocycles. The Kier molecular flexibility index (Phi) is 6.22. The van der Waals surface area contributed by atoms with Gasteiger partial charge in [0.25, 0.3) is 5.91 Å². The monoisotopic (exact) mass is 463 g/mol. The Morgan fingerprint density at radius 3 is 2.50 bits per heavy atom. The third-order valence-corrected chi connectivity index (χ3v) is 4.61. The first-order valence-corrected chi connectivity index (χ1v) is 9.80. The minimum Gasteiger partial charge on any atom is -0.368 e. The summed E-state index contributed by atoms with van der Waals surface area (Å²) in [5.74, 6) is 5.14. The maximum Gasteiger partial charge on any atom is 0.416 e. The summed E-state index contributed by atoms with van der Waals surface area (Å²) in [6.45, 7) is -0.00719. The molecule has 34 heavy (non-hydrogen) atoms. The first-order chi connectivity index (χ1) is 16.3. The fourth-order valence-corrected chi connectivity index (χ4v) is 3.02. The van der Waals surface area contributed by atoms with Crippen LogP contribution in [-0.4, -0.2) is 30.4 Å². The van der Waals surface area contributed by atoms with Crippen LogP contribution < -0.4 is 11.1 Å². The molecule has 0 fully saturated rings. The molecule has 1 aromatic carbocycles. The lowest BCUT2D eigenvalue weighted by molar-refractivity contribution is -0.138. The van der Waals surface area contributed by atoms with E-state index in [0.29, 0.717) is 11.1 Å². The van der Waals surface area contributed by atoms with Crippen molar-refractivity contribution in [3.05, 3.63) is 95.6 Å². The number of anilines is 2. The van der Waals surface area contributed by atoms with Crippen LogP contribution in [0.5, 0.6) is 0 Å². The summed E-state index contributed by atoms with van der Waals surface area (Å²) < 4.78 is 42.4. The van der Waals surface area contributed by atoms with Gasteiger partial charge in [-0.15, -0.1) is 0 Å². The van der Waals surface area contributed by atoms with Crippen LogP contribution in [0.25, 0.3) is 0 Å². The van der Waals surface area contributed by atoms with Gasteiger partial charge in [0, 0.05) is 55.0 Å². The van der Waals surface area contributed by atoms with E-state index in [1.54, 1.807) is 6.20 Å². The summed E-state index contributed by atoms with van der Waals surface area (Å²) >= 11 is 0. The van der Waals surface area contributed by atoms with Gasteiger partial charge in [0.15, 0.2) is 0 Å². The zero-order valence-electron chi connectivity index (χ0n) is 17.4. The number of halogens is 3. The molecule has 8 nitrogen and oxygen atoms in total. The van der Waals surface area contributed by atoms with Gasteiger partial charge < -0.3 is 15.6 Å². The van der Waals surface area contributed by atoms with Crippen molar-refractivity contribution in [3.8, 4) is 11.8 Å². The van der Waals surface area contributed by atoms with Crippen LogP contribution in [0.15, 0.2) is 67.8 Å². The molecule has 0 aliphatic rings. The van der Waals surface area contributed by atoms with E-state index < -0.39 is 17.6 Å². The smallest absolute Gasteiger partial charge is 0.368 e. The molecule has 0 saturated carbocycles. The molecule has 3 aromatic heterocycles. The molecular weight excluding hydrogens is 447 g/mol. The molecule has 4 aromatic rings. The van der Waals surface area contributed by atoms with Gasteiger partial charge in [-0.05, 0) is 23.8 Å². The van der Waals surface area contributed by atoms with Crippen LogP contribution in [0.4, 0.5) is 24.8 Å². The van der Waals surface area contributed by atoms with Gasteiger partial charge in [0.05, 0.1) is 23.0 Å². The van der Waals surface area contributed by atoms with Gasteiger partial charge in [-0.1, -0.05) is 17.9 Å². The van der Waals surface area contributed by atoms with Crippen LogP contribution in [0.3, 0.4) is 0 Å². The minimum absolute atomic E-state index is 0.00205. The molecule has 0 bridgehead atoms. The Morgan fingerprint density at radius 1 is 1.03 bits per heavy atom. The van der Waals surface area contributed by atoms with Crippen molar-refractivity contribution in [3.63, 3.8) is 0 Å². The highest BCUT2D eigenvalue weighted by atomic mass is 19.4. The SMILES string of the molecule is Nc1ncc(C#Cc2cncc(C(=O)Nc3ccc(Cn4ccnc4)c(C(F)(F)F)c3)c2)cn1. The van der Waals surface area contributed by atoms with E-state index in [9.17, 15) is 18.0 Å². The van der Waals surface area contributed by atoms with Gasteiger partial charge in [-0.2, -0.15) is 13.2 Å². The average Bonchev–Trinajstić information content (AvgIpc) is 3.32. The quantitative estimate of drug-likeness (QED) is 0.449. The van der Waals surface area contributed by atoms with E-state index in [1.165, 1.54) is 60.1 Å². The lowest BCUT2D eigenvalue weighted by atomic mass is 10.1. The Balaban J connectivity index is 1.53. The summed E-state index contributed by atoms with van der Waals surface area (Å²) in [5, 5.41) is 2.48. The van der Waals surface area contributed by atoms with Crippen molar-refractivity contribution in [2.24, 2.45) is 0 Å². The number of hydrogen-bond acceptors (Lipinski definition) is 6. The molecule has 0 spiro atoms. The maximum absolute atomic E-state index is 13.6. The number of carbonyl (C=O) groups excluding carboxylic acids is 1. The second-order valence-corrected chi connectivity index (χ2v) is 7.10. The number of benzene rings is 1. The molecule has 3 N–H and O–H groups in total. The van der Waals surface area contributed by atoms with E-state index in [2.05, 4.69) is 37.1 Å². The number of imidazole rings is 1. The fraction of sp³-hybridized carbons (Fsp3) is 0.0870. The minimum atomic E-state index is -4.60. The summed E-state index contributed by atoms with van der Waals surface area (Å²) in [4.78, 5) is 28.1. The number of aromatic nitrogens is 5. The first kappa shape index (κ1) is 22.5. The van der Waals surface area contributed by atoms with Crippen LogP contribution in [0.2, 0.25) is 0 Å². The lowest BCUT2D eigenvalue weighted by Gasteiger charge is -2.15. The van der Waals surface area contributed by atoms with Crippen molar-refractivity contribution in [2.75, 3.05) is 11.1 Å². The Morgan fingerprint density at radius 2 is 1.79 bits per heavy atom. The predicted molar refractivity (Wildman–Crippen MR) is 117 cm³/mol. The Bertz CT molecular complexity index is 1370. The van der Waals surface area contributed by atoms with Crippen molar-refractivity contribution in [1.29, 1.82) is 0 Å². The Hall–Kier alpha value is -4.72. The molecule has 11 heteroatoms. The molecule has 0 unspecified atom stereocenters. The van der Waals surface area contributed by atoms with Gasteiger partial charge in [-0.25, -0.2) is 15.0 Å². The number of carbonyl (C=O) groups is 1. The zero-order valence-corrected chi connectivity index (χ0v) is 17.4. The largest absolute Gasteiger partial charge is 0.416 e. The van der Waals surface area contributed by atoms with E-state index in [4.69, 9.17) is 5.73 Å². The number of nitrogens with one attached hydrogen (secondary N) is 1. The third kappa shape index (κ3) is 5.55. The van der Waals surface area contributed by atoms with Crippen molar-refractivity contribution in [2.45, 2.75) is 12.7 Å². The number of alkyl halides is 3. The van der Waals surface area contributed by atoms with Gasteiger partial charge in [-0.3, -0.25) is 9.78 Å². The number of rotatable bonds is 4. The van der Waals surface area contributed by atoms with Crippen molar-refractivity contribution >= 4 is 17.5 Å². The van der Waals surface area contributed by atoms with E-state index in [1.807, 2.05) is 0 Å². The highest BCUT2D eigenvalue weighted by Crippen LogP contribution is 2.34. The number of pyridine rings is 1. The molecule has 0 atom stereocenters. The standard InChI is InChI=1S/C23H16F3N7O/c24-23(25,26)20-8-19(4-3-17(20)13-33-6-5-28-14-33)32-21(34)18-7-15(9-29-12-18)1-2-16-10-30-22(27)31-11-16/h3-12,14H,13H2,(H,32,34)(H2,27,30,31). The Labute approximate surface area is 191 Å². The van der Waals surface area contributed by atoms with Gasteiger partial charge in [0.1, 0.15) is 0 Å². The van der Waals surface area contributed by atoms with E-state index >= 15 is 0 Å². The predicted octanol–water partition coefficient (Wildman–Crippen LogP) is 3.37. The molecule has 0 aliphatic heterocycles. The number of hydrogen-bond donors (Lipinski definition) is 2. The number of amides is 1. The highest BCUT2D eigenvalue weighted by Gasteiger charge is 2.33. The zero-order chi connectivity index (χ0) is 24.1. The van der Waals surface area contributed by atoms with Gasteiger partial charge in [0.2, 0.25) is 5.95 Å². The van der Waals surface area contributed by atoms with Crippen LogP contribution in [-0.2, 0) is 12.7 Å². The fourth-order valence-electron chi connectivity index (χ4n) is 3.02. The van der Waals surface area contributed by atoms with E-state index in [-0.39, 0.29) is 29.3 Å². The number of nitrogens with zero attached hydrogens (tertiary/aromatic N) is 5. The summed E-state index contributed by atoms with van der Waals surface area (Å²) in [7, 11) is 0. The molecule has 4 rings (SSSR count). The topological polar surface area (TPSA) is 112 Å². The maximum atomic E-state index is 13.6. The van der Waals surface area contributed by atoms with Gasteiger partial charge >= 0.3 is 6.18 Å².